The Bertz CT molecular complexity index is 1730. The molecule has 4 amide bonds. The third-order valence-electron chi connectivity index (χ3n) is 8.94. The van der Waals surface area contributed by atoms with Crippen LogP contribution in [0.3, 0.4) is 0 Å². The van der Waals surface area contributed by atoms with Crippen molar-refractivity contribution in [3.05, 3.63) is 137 Å². The van der Waals surface area contributed by atoms with E-state index >= 15 is 0 Å². The summed E-state index contributed by atoms with van der Waals surface area (Å²) in [5, 5.41) is 15.4. The van der Waals surface area contributed by atoms with Gasteiger partial charge in [0.05, 0.1) is 6.04 Å². The van der Waals surface area contributed by atoms with Crippen molar-refractivity contribution < 1.29 is 24.3 Å². The van der Waals surface area contributed by atoms with Gasteiger partial charge in [-0.25, -0.2) is 0 Å². The van der Waals surface area contributed by atoms with Crippen LogP contribution in [-0.2, 0) is 45.0 Å². The molecule has 0 saturated heterocycles. The molecule has 0 unspecified atom stereocenters. The fraction of sp³-hybridized carbons (Fsp3) is 0.263. The molecule has 5 rings (SSSR count). The molecule has 248 valence electrons. The van der Waals surface area contributed by atoms with E-state index in [1.54, 1.807) is 12.1 Å². The maximum absolute atomic E-state index is 14.2. The molecule has 1 aliphatic heterocycles. The molecule has 1 heterocycles. The molecule has 0 bridgehead atoms. The van der Waals surface area contributed by atoms with E-state index < -0.39 is 53.7 Å². The number of carbonyl (C=O) groups is 4. The average molecular weight is 648 g/mol. The number of nitrogens with zero attached hydrogens (tertiary/aromatic N) is 1. The molecule has 5 atom stereocenters. The van der Waals surface area contributed by atoms with E-state index in [1.807, 2.05) is 91.9 Å². The molecule has 1 aliphatic rings. The highest BCUT2D eigenvalue weighted by Crippen LogP contribution is 2.28. The molecule has 7 N–H and O–H groups in total. The molecular formula is C38H41N5O5. The topological polar surface area (TPSA) is 168 Å². The summed E-state index contributed by atoms with van der Waals surface area (Å²) in [5.41, 5.74) is 16.4. The summed E-state index contributed by atoms with van der Waals surface area (Å²) in [4.78, 5) is 56.0. The zero-order valence-electron chi connectivity index (χ0n) is 26.8. The Hall–Kier alpha value is -5.48. The Morgan fingerprint density at radius 3 is 1.90 bits per heavy atom. The van der Waals surface area contributed by atoms with Crippen molar-refractivity contribution in [1.82, 2.24) is 15.5 Å². The van der Waals surface area contributed by atoms with E-state index in [9.17, 15) is 24.3 Å². The number of hydrogen-bond donors (Lipinski definition) is 5. The van der Waals surface area contributed by atoms with Gasteiger partial charge in [-0.1, -0.05) is 104 Å². The van der Waals surface area contributed by atoms with Gasteiger partial charge in [-0.3, -0.25) is 19.2 Å². The predicted octanol–water partition coefficient (Wildman–Crippen LogP) is 2.72. The minimum atomic E-state index is -1.07. The van der Waals surface area contributed by atoms with Crippen molar-refractivity contribution in [3.63, 3.8) is 0 Å². The molecule has 0 radical (unpaired) electrons. The second kappa shape index (κ2) is 15.4. The Labute approximate surface area is 280 Å². The van der Waals surface area contributed by atoms with Crippen molar-refractivity contribution in [1.29, 1.82) is 0 Å². The number of carbonyl (C=O) groups excluding carboxylic acids is 4. The molecule has 10 heteroatoms. The first-order valence-electron chi connectivity index (χ1n) is 16.0. The summed E-state index contributed by atoms with van der Waals surface area (Å²) in [6, 6.07) is 28.5. The zero-order chi connectivity index (χ0) is 34.2. The minimum absolute atomic E-state index is 0.103. The molecule has 0 aliphatic carbocycles. The smallest absolute Gasteiger partial charge is 0.243 e. The number of phenolic OH excluding ortho intramolecular Hbond substituents is 1. The Kier molecular flexibility index (Phi) is 10.9. The van der Waals surface area contributed by atoms with Gasteiger partial charge >= 0.3 is 0 Å². The van der Waals surface area contributed by atoms with Gasteiger partial charge in [0.15, 0.2) is 0 Å². The third kappa shape index (κ3) is 8.26. The summed E-state index contributed by atoms with van der Waals surface area (Å²) < 4.78 is 0. The molecular weight excluding hydrogens is 606 g/mol. The normalized spacial score (nSPS) is 16.5. The van der Waals surface area contributed by atoms with Crippen LogP contribution in [0.25, 0.3) is 0 Å². The highest BCUT2D eigenvalue weighted by atomic mass is 16.3. The molecule has 4 aromatic carbocycles. The van der Waals surface area contributed by atoms with Gasteiger partial charge in [0.1, 0.15) is 23.9 Å². The van der Waals surface area contributed by atoms with Crippen molar-refractivity contribution in [2.24, 2.45) is 11.5 Å². The van der Waals surface area contributed by atoms with Gasteiger partial charge in [-0.2, -0.15) is 0 Å². The van der Waals surface area contributed by atoms with Crippen LogP contribution in [0.5, 0.6) is 5.75 Å². The zero-order valence-corrected chi connectivity index (χ0v) is 26.8. The third-order valence-corrected chi connectivity index (χ3v) is 8.94. The van der Waals surface area contributed by atoms with Crippen LogP contribution in [0.15, 0.2) is 109 Å². The van der Waals surface area contributed by atoms with Crippen LogP contribution in [0.1, 0.15) is 40.7 Å². The predicted molar refractivity (Wildman–Crippen MR) is 182 cm³/mol. The van der Waals surface area contributed by atoms with Crippen molar-refractivity contribution in [3.8, 4) is 5.75 Å². The summed E-state index contributed by atoms with van der Waals surface area (Å²) >= 11 is 0. The highest BCUT2D eigenvalue weighted by Gasteiger charge is 2.39. The summed E-state index contributed by atoms with van der Waals surface area (Å²) in [5.74, 6) is -2.51. The lowest BCUT2D eigenvalue weighted by Gasteiger charge is -2.39. The first-order chi connectivity index (χ1) is 23.1. The van der Waals surface area contributed by atoms with E-state index in [2.05, 4.69) is 10.6 Å². The lowest BCUT2D eigenvalue weighted by molar-refractivity contribution is -0.144. The number of hydrogen-bond acceptors (Lipinski definition) is 6. The van der Waals surface area contributed by atoms with Crippen molar-refractivity contribution in [2.75, 3.05) is 0 Å². The van der Waals surface area contributed by atoms with Gasteiger partial charge in [-0.05, 0) is 39.9 Å². The minimum Gasteiger partial charge on any atom is -0.508 e. The van der Waals surface area contributed by atoms with Gasteiger partial charge in [0, 0.05) is 31.7 Å². The molecule has 0 saturated carbocycles. The molecule has 0 aromatic heterocycles. The molecule has 4 aromatic rings. The number of aromatic hydroxyl groups is 1. The molecule has 48 heavy (non-hydrogen) atoms. The first kappa shape index (κ1) is 33.9. The fourth-order valence-electron chi connectivity index (χ4n) is 6.05. The fourth-order valence-corrected chi connectivity index (χ4v) is 6.05. The van der Waals surface area contributed by atoms with Gasteiger partial charge in [0.2, 0.25) is 23.6 Å². The molecule has 0 spiro atoms. The maximum atomic E-state index is 14.2. The van der Waals surface area contributed by atoms with E-state index in [1.165, 1.54) is 17.0 Å². The SMILES string of the molecule is C[C@@H](c1ccc(O)cc1)[C@H](N)C(=O)N1Cc2ccccc2C[C@@H]1C(=O)N[C@@H](Cc1ccccc1)C(=O)N[C@@H](Cc1ccccc1)C(N)=O. The Morgan fingerprint density at radius 2 is 1.31 bits per heavy atom. The van der Waals surface area contributed by atoms with Crippen LogP contribution < -0.4 is 22.1 Å². The number of amides is 4. The number of nitrogens with one attached hydrogen (secondary N) is 2. The average Bonchev–Trinajstić information content (AvgIpc) is 3.10. The van der Waals surface area contributed by atoms with E-state index in [-0.39, 0.29) is 31.6 Å². The van der Waals surface area contributed by atoms with Crippen LogP contribution in [0.4, 0.5) is 0 Å². The van der Waals surface area contributed by atoms with Crippen LogP contribution in [0, 0.1) is 0 Å². The van der Waals surface area contributed by atoms with E-state index in [0.717, 1.165) is 27.8 Å². The number of phenols is 1. The monoisotopic (exact) mass is 647 g/mol. The number of fused-ring (bicyclic) bond motifs is 1. The van der Waals surface area contributed by atoms with Crippen LogP contribution >= 0.6 is 0 Å². The molecule has 10 nitrogen and oxygen atoms in total. The van der Waals surface area contributed by atoms with Crippen LogP contribution in [-0.4, -0.2) is 57.8 Å². The highest BCUT2D eigenvalue weighted by molar-refractivity contribution is 5.95. The van der Waals surface area contributed by atoms with E-state index in [4.69, 9.17) is 11.5 Å². The summed E-state index contributed by atoms with van der Waals surface area (Å²) in [6.07, 6.45) is 0.558. The second-order valence-electron chi connectivity index (χ2n) is 12.3. The van der Waals surface area contributed by atoms with Gasteiger partial charge in [0.25, 0.3) is 0 Å². The number of nitrogens with two attached hydrogens (primary N) is 2. The maximum Gasteiger partial charge on any atom is 0.243 e. The Balaban J connectivity index is 1.40. The lowest BCUT2D eigenvalue weighted by atomic mass is 9.89. The van der Waals surface area contributed by atoms with Crippen molar-refractivity contribution in [2.45, 2.75) is 62.8 Å². The van der Waals surface area contributed by atoms with Gasteiger partial charge < -0.3 is 32.1 Å². The Morgan fingerprint density at radius 1 is 0.771 bits per heavy atom. The lowest BCUT2D eigenvalue weighted by Crippen LogP contribution is -2.60. The van der Waals surface area contributed by atoms with Crippen molar-refractivity contribution >= 4 is 23.6 Å². The molecule has 0 fully saturated rings. The quantitative estimate of drug-likeness (QED) is 0.159. The number of benzene rings is 4. The van der Waals surface area contributed by atoms with Gasteiger partial charge in [-0.15, -0.1) is 0 Å². The summed E-state index contributed by atoms with van der Waals surface area (Å²) in [7, 11) is 0. The second-order valence-corrected chi connectivity index (χ2v) is 12.3. The number of rotatable bonds is 12. The van der Waals surface area contributed by atoms with Crippen LogP contribution in [0.2, 0.25) is 0 Å². The summed E-state index contributed by atoms with van der Waals surface area (Å²) in [6.45, 7) is 1.99. The first-order valence-corrected chi connectivity index (χ1v) is 16.0. The number of primary amides is 1. The largest absolute Gasteiger partial charge is 0.508 e. The van der Waals surface area contributed by atoms with E-state index in [0.29, 0.717) is 0 Å². The standard InChI is InChI=1S/C38H41N5O5/c1-24(27-16-18-30(44)19-17-27)34(39)38(48)43-23-29-15-9-8-14-28(29)22-33(43)37(47)42-32(21-26-12-6-3-7-13-26)36(46)41-31(35(40)45)20-25-10-4-2-5-11-25/h2-19,24,31-34,44H,20-23,39H2,1H3,(H2,40,45)(H,41,46)(H,42,47)/t24-,31-,32-,33+,34-/m0/s1.